The molecule has 1 heterocycles. The molecular formula is C9H17NO3. The molecule has 1 atom stereocenters. The van der Waals surface area contributed by atoms with Crippen molar-refractivity contribution in [3.63, 3.8) is 0 Å². The van der Waals surface area contributed by atoms with E-state index in [9.17, 15) is 0 Å². The number of ether oxygens (including phenoxy) is 1. The van der Waals surface area contributed by atoms with Gasteiger partial charge in [-0.2, -0.15) is 0 Å². The van der Waals surface area contributed by atoms with Crippen LogP contribution in [0.4, 0.5) is 0 Å². The zero-order valence-corrected chi connectivity index (χ0v) is 7.78. The average Bonchev–Trinajstić information content (AvgIpc) is 2.52. The van der Waals surface area contributed by atoms with Crippen molar-refractivity contribution in [1.29, 1.82) is 0 Å². The Morgan fingerprint density at radius 1 is 1.62 bits per heavy atom. The van der Waals surface area contributed by atoms with E-state index >= 15 is 0 Å². The molecule has 1 saturated heterocycles. The lowest BCUT2D eigenvalue weighted by atomic mass is 10.3. The number of nitrogens with zero attached hydrogens (tertiary/aromatic N) is 1. The summed E-state index contributed by atoms with van der Waals surface area (Å²) in [6.07, 6.45) is 1.40. The fourth-order valence-electron chi connectivity index (χ4n) is 1.30. The van der Waals surface area contributed by atoms with Crippen LogP contribution < -0.4 is 0 Å². The highest BCUT2D eigenvalue weighted by molar-refractivity contribution is 4.98. The predicted molar refractivity (Wildman–Crippen MR) is 49.0 cm³/mol. The average molecular weight is 187 g/mol. The van der Waals surface area contributed by atoms with Crippen LogP contribution in [0, 0.1) is 0 Å². The van der Waals surface area contributed by atoms with Gasteiger partial charge >= 0.3 is 0 Å². The van der Waals surface area contributed by atoms with E-state index in [0.717, 1.165) is 25.1 Å². The van der Waals surface area contributed by atoms with Gasteiger partial charge < -0.3 is 19.8 Å². The highest BCUT2D eigenvalue weighted by Gasteiger charge is 2.14. The van der Waals surface area contributed by atoms with Gasteiger partial charge in [-0.15, -0.1) is 0 Å². The van der Waals surface area contributed by atoms with Gasteiger partial charge in [0.25, 0.3) is 0 Å². The molecule has 0 saturated carbocycles. The molecule has 4 nitrogen and oxygen atoms in total. The molecule has 13 heavy (non-hydrogen) atoms. The van der Waals surface area contributed by atoms with Gasteiger partial charge in [-0.1, -0.05) is 6.58 Å². The van der Waals surface area contributed by atoms with E-state index in [1.165, 1.54) is 0 Å². The third-order valence-electron chi connectivity index (χ3n) is 2.11. The Labute approximate surface area is 78.4 Å². The van der Waals surface area contributed by atoms with E-state index in [4.69, 9.17) is 14.9 Å². The Morgan fingerprint density at radius 2 is 2.38 bits per heavy atom. The summed E-state index contributed by atoms with van der Waals surface area (Å²) in [5, 5.41) is 17.5. The molecule has 0 amide bonds. The van der Waals surface area contributed by atoms with Crippen molar-refractivity contribution in [2.45, 2.75) is 18.9 Å². The van der Waals surface area contributed by atoms with Crippen LogP contribution in [0.15, 0.2) is 12.3 Å². The highest BCUT2D eigenvalue weighted by atomic mass is 16.5. The lowest BCUT2D eigenvalue weighted by Gasteiger charge is -2.19. The summed E-state index contributed by atoms with van der Waals surface area (Å²) in [5.74, 6) is 0. The first kappa shape index (κ1) is 10.5. The molecular weight excluding hydrogens is 170 g/mol. The van der Waals surface area contributed by atoms with Crippen LogP contribution in [0.1, 0.15) is 12.8 Å². The van der Waals surface area contributed by atoms with Gasteiger partial charge in [0.1, 0.15) is 12.8 Å². The molecule has 1 aliphatic heterocycles. The summed E-state index contributed by atoms with van der Waals surface area (Å²) in [4.78, 5) is 2.05. The van der Waals surface area contributed by atoms with Crippen LogP contribution in [0.25, 0.3) is 0 Å². The van der Waals surface area contributed by atoms with Crippen molar-refractivity contribution >= 4 is 0 Å². The van der Waals surface area contributed by atoms with Crippen LogP contribution in [0.2, 0.25) is 0 Å². The molecule has 0 aliphatic carbocycles. The minimum atomic E-state index is -0.768. The maximum Gasteiger partial charge on any atom is 0.118 e. The molecule has 0 aromatic carbocycles. The Hall–Kier alpha value is -0.580. The van der Waals surface area contributed by atoms with Gasteiger partial charge in [0.05, 0.1) is 13.2 Å². The quantitative estimate of drug-likeness (QED) is 0.632. The minimum Gasteiger partial charge on any atom is -0.394 e. The molecule has 1 unspecified atom stereocenters. The summed E-state index contributed by atoms with van der Waals surface area (Å²) in [7, 11) is 0. The van der Waals surface area contributed by atoms with Crippen LogP contribution in [-0.2, 0) is 4.74 Å². The maximum absolute atomic E-state index is 8.98. The third kappa shape index (κ3) is 3.34. The van der Waals surface area contributed by atoms with Crippen molar-refractivity contribution in [1.82, 2.24) is 4.90 Å². The second kappa shape index (κ2) is 5.21. The SMILES string of the molecule is C=C1CCCN1COCC(O)CO. The van der Waals surface area contributed by atoms with Gasteiger partial charge in [-0.25, -0.2) is 0 Å². The number of rotatable bonds is 5. The molecule has 0 spiro atoms. The first-order chi connectivity index (χ1) is 6.24. The van der Waals surface area contributed by atoms with Crippen molar-refractivity contribution in [3.05, 3.63) is 12.3 Å². The first-order valence-corrected chi connectivity index (χ1v) is 4.53. The van der Waals surface area contributed by atoms with Crippen LogP contribution >= 0.6 is 0 Å². The van der Waals surface area contributed by atoms with Crippen LogP contribution in [-0.4, -0.2) is 47.7 Å². The molecule has 4 heteroatoms. The third-order valence-corrected chi connectivity index (χ3v) is 2.11. The van der Waals surface area contributed by atoms with E-state index in [1.807, 2.05) is 4.90 Å². The standard InChI is InChI=1S/C9H17NO3/c1-8-3-2-4-10(8)7-13-6-9(12)5-11/h9,11-12H,1-7H2. The van der Waals surface area contributed by atoms with E-state index in [1.54, 1.807) is 0 Å². The Balaban J connectivity index is 2.08. The van der Waals surface area contributed by atoms with Crippen LogP contribution in [0.5, 0.6) is 0 Å². The zero-order valence-electron chi connectivity index (χ0n) is 7.78. The molecule has 0 aromatic rings. The summed E-state index contributed by atoms with van der Waals surface area (Å²) in [6, 6.07) is 0. The second-order valence-electron chi connectivity index (χ2n) is 3.27. The molecule has 76 valence electrons. The van der Waals surface area contributed by atoms with Crippen molar-refractivity contribution in [2.75, 3.05) is 26.5 Å². The lowest BCUT2D eigenvalue weighted by molar-refractivity contribution is -0.0225. The molecule has 0 aromatic heterocycles. The summed E-state index contributed by atoms with van der Waals surface area (Å²) < 4.78 is 5.20. The monoisotopic (exact) mass is 187 g/mol. The molecule has 1 fully saturated rings. The number of aliphatic hydroxyl groups is 2. The molecule has 0 radical (unpaired) electrons. The van der Waals surface area contributed by atoms with Gasteiger partial charge in [0, 0.05) is 12.2 Å². The van der Waals surface area contributed by atoms with Gasteiger partial charge in [0.15, 0.2) is 0 Å². The minimum absolute atomic E-state index is 0.181. The predicted octanol–water partition coefficient (Wildman–Crippen LogP) is -0.0768. The summed E-state index contributed by atoms with van der Waals surface area (Å²) >= 11 is 0. The Morgan fingerprint density at radius 3 is 2.92 bits per heavy atom. The number of hydrogen-bond donors (Lipinski definition) is 2. The van der Waals surface area contributed by atoms with Crippen molar-refractivity contribution in [3.8, 4) is 0 Å². The number of hydrogen-bond acceptors (Lipinski definition) is 4. The van der Waals surface area contributed by atoms with E-state index < -0.39 is 6.10 Å². The Kier molecular flexibility index (Phi) is 4.21. The largest absolute Gasteiger partial charge is 0.394 e. The van der Waals surface area contributed by atoms with Crippen LogP contribution in [0.3, 0.4) is 0 Å². The van der Waals surface area contributed by atoms with E-state index in [2.05, 4.69) is 6.58 Å². The highest BCUT2D eigenvalue weighted by Crippen LogP contribution is 2.17. The maximum atomic E-state index is 8.98. The number of likely N-dealkylation sites (tertiary alicyclic amines) is 1. The topological polar surface area (TPSA) is 52.9 Å². The first-order valence-electron chi connectivity index (χ1n) is 4.53. The summed E-state index contributed by atoms with van der Waals surface area (Å²) in [6.45, 7) is 5.27. The van der Waals surface area contributed by atoms with Crippen molar-refractivity contribution in [2.24, 2.45) is 0 Å². The normalized spacial score (nSPS) is 19.5. The second-order valence-corrected chi connectivity index (χ2v) is 3.27. The van der Waals surface area contributed by atoms with Gasteiger partial charge in [-0.3, -0.25) is 0 Å². The van der Waals surface area contributed by atoms with Crippen molar-refractivity contribution < 1.29 is 14.9 Å². The fourth-order valence-corrected chi connectivity index (χ4v) is 1.30. The lowest BCUT2D eigenvalue weighted by Crippen LogP contribution is -2.26. The molecule has 1 aliphatic rings. The number of allylic oxidation sites excluding steroid dienone is 1. The van der Waals surface area contributed by atoms with Gasteiger partial charge in [0.2, 0.25) is 0 Å². The van der Waals surface area contributed by atoms with E-state index in [-0.39, 0.29) is 13.2 Å². The summed E-state index contributed by atoms with van der Waals surface area (Å²) in [5.41, 5.74) is 1.10. The molecule has 1 rings (SSSR count). The number of aliphatic hydroxyl groups excluding tert-OH is 2. The molecule has 0 bridgehead atoms. The molecule has 2 N–H and O–H groups in total. The van der Waals surface area contributed by atoms with Gasteiger partial charge in [-0.05, 0) is 12.8 Å². The smallest absolute Gasteiger partial charge is 0.118 e. The zero-order chi connectivity index (χ0) is 9.68. The fraction of sp³-hybridized carbons (Fsp3) is 0.778. The van der Waals surface area contributed by atoms with E-state index in [0.29, 0.717) is 6.73 Å². The Bertz CT molecular complexity index is 172.